The van der Waals surface area contributed by atoms with Crippen LogP contribution < -0.4 is 10.9 Å². The number of hydrogen-bond acceptors (Lipinski definition) is 7. The summed E-state index contributed by atoms with van der Waals surface area (Å²) in [6.07, 6.45) is 0.380. The second-order valence-electron chi connectivity index (χ2n) is 6.49. The molecule has 1 amide bonds. The highest BCUT2D eigenvalue weighted by Crippen LogP contribution is 2.19. The first-order chi connectivity index (χ1) is 13.9. The third-order valence-electron chi connectivity index (χ3n) is 4.55. The second-order valence-corrected chi connectivity index (χ2v) is 6.49. The SMILES string of the molecule is CCOC(=O)c1ccc(NC(=O)[C@H](CC)n2c(C)nc3onc(C)c3c2=O)cc1. The number of aromatic nitrogens is 3. The molecule has 1 aromatic carbocycles. The minimum Gasteiger partial charge on any atom is -0.462 e. The number of hydrogen-bond donors (Lipinski definition) is 1. The maximum absolute atomic E-state index is 13.0. The molecule has 1 N–H and O–H groups in total. The average molecular weight is 398 g/mol. The molecule has 0 bridgehead atoms. The fourth-order valence-electron chi connectivity index (χ4n) is 3.13. The highest BCUT2D eigenvalue weighted by molar-refractivity contribution is 5.95. The summed E-state index contributed by atoms with van der Waals surface area (Å²) in [7, 11) is 0. The normalized spacial score (nSPS) is 12.0. The zero-order valence-corrected chi connectivity index (χ0v) is 16.7. The summed E-state index contributed by atoms with van der Waals surface area (Å²) in [6.45, 7) is 7.12. The third-order valence-corrected chi connectivity index (χ3v) is 4.55. The van der Waals surface area contributed by atoms with E-state index in [1.807, 2.05) is 6.92 Å². The van der Waals surface area contributed by atoms with Crippen molar-refractivity contribution in [2.75, 3.05) is 11.9 Å². The summed E-state index contributed by atoms with van der Waals surface area (Å²) in [5.41, 5.74) is 1.11. The molecule has 0 aliphatic rings. The third kappa shape index (κ3) is 3.89. The largest absolute Gasteiger partial charge is 0.462 e. The Morgan fingerprint density at radius 2 is 1.90 bits per heavy atom. The van der Waals surface area contributed by atoms with Crippen LogP contribution in [0.3, 0.4) is 0 Å². The van der Waals surface area contributed by atoms with Gasteiger partial charge in [0.25, 0.3) is 11.3 Å². The lowest BCUT2D eigenvalue weighted by Crippen LogP contribution is -2.35. The van der Waals surface area contributed by atoms with Crippen molar-refractivity contribution < 1.29 is 18.8 Å². The predicted octanol–water partition coefficient (Wildman–Crippen LogP) is 2.77. The number of fused-ring (bicyclic) bond motifs is 1. The van der Waals surface area contributed by atoms with E-state index in [2.05, 4.69) is 15.5 Å². The lowest BCUT2D eigenvalue weighted by Gasteiger charge is -2.19. The van der Waals surface area contributed by atoms with E-state index in [0.717, 1.165) is 0 Å². The van der Waals surface area contributed by atoms with Gasteiger partial charge < -0.3 is 14.6 Å². The molecule has 0 radical (unpaired) electrons. The van der Waals surface area contributed by atoms with Crippen molar-refractivity contribution >= 4 is 28.7 Å². The molecule has 2 aromatic heterocycles. The summed E-state index contributed by atoms with van der Waals surface area (Å²) < 4.78 is 11.4. The van der Waals surface area contributed by atoms with Crippen LogP contribution in [0.15, 0.2) is 33.6 Å². The molecule has 29 heavy (non-hydrogen) atoms. The van der Waals surface area contributed by atoms with Gasteiger partial charge in [-0.3, -0.25) is 14.2 Å². The van der Waals surface area contributed by atoms with E-state index in [9.17, 15) is 14.4 Å². The van der Waals surface area contributed by atoms with Crippen LogP contribution in [0.5, 0.6) is 0 Å². The van der Waals surface area contributed by atoms with E-state index >= 15 is 0 Å². The Morgan fingerprint density at radius 1 is 1.21 bits per heavy atom. The predicted molar refractivity (Wildman–Crippen MR) is 106 cm³/mol. The number of nitrogens with zero attached hydrogens (tertiary/aromatic N) is 3. The number of benzene rings is 1. The summed E-state index contributed by atoms with van der Waals surface area (Å²) in [5, 5.41) is 6.83. The van der Waals surface area contributed by atoms with Crippen LogP contribution in [-0.2, 0) is 9.53 Å². The van der Waals surface area contributed by atoms with Crippen molar-refractivity contribution in [3.63, 3.8) is 0 Å². The number of ether oxygens (including phenoxy) is 1. The van der Waals surface area contributed by atoms with Crippen molar-refractivity contribution in [2.45, 2.75) is 40.2 Å². The molecule has 152 valence electrons. The standard InChI is InChI=1S/C20H22N4O5/c1-5-15(24-12(4)21-18-16(19(24)26)11(3)23-29-18)17(25)22-14-9-7-13(8-10-14)20(27)28-6-2/h7-10,15H,5-6H2,1-4H3,(H,22,25)/t15-/m0/s1. The van der Waals surface area contributed by atoms with Crippen molar-refractivity contribution in [2.24, 2.45) is 0 Å². The van der Waals surface area contributed by atoms with Gasteiger partial charge in [0, 0.05) is 5.69 Å². The molecule has 0 aliphatic heterocycles. The van der Waals surface area contributed by atoms with Crippen LogP contribution in [0.2, 0.25) is 0 Å². The highest BCUT2D eigenvalue weighted by atomic mass is 16.5. The topological polar surface area (TPSA) is 116 Å². The molecule has 0 saturated carbocycles. The number of carbonyl (C=O) groups is 2. The van der Waals surface area contributed by atoms with E-state index < -0.39 is 12.0 Å². The summed E-state index contributed by atoms with van der Waals surface area (Å²) in [4.78, 5) is 41.9. The number of esters is 1. The molecule has 0 fully saturated rings. The first-order valence-electron chi connectivity index (χ1n) is 9.30. The van der Waals surface area contributed by atoms with Gasteiger partial charge in [-0.05, 0) is 51.5 Å². The van der Waals surface area contributed by atoms with Gasteiger partial charge in [0.1, 0.15) is 17.3 Å². The van der Waals surface area contributed by atoms with E-state index in [1.54, 1.807) is 45.0 Å². The number of rotatable bonds is 6. The molecule has 2 heterocycles. The lowest BCUT2D eigenvalue weighted by atomic mass is 10.1. The maximum Gasteiger partial charge on any atom is 0.338 e. The monoisotopic (exact) mass is 398 g/mol. The summed E-state index contributed by atoms with van der Waals surface area (Å²) in [6, 6.07) is 5.59. The van der Waals surface area contributed by atoms with Crippen LogP contribution in [0, 0.1) is 13.8 Å². The number of carbonyl (C=O) groups excluding carboxylic acids is 2. The average Bonchev–Trinajstić information content (AvgIpc) is 3.06. The Labute approximate surface area is 166 Å². The molecule has 0 aliphatic carbocycles. The van der Waals surface area contributed by atoms with E-state index in [-0.39, 0.29) is 29.2 Å². The molecule has 0 spiro atoms. The van der Waals surface area contributed by atoms with Crippen molar-refractivity contribution in [1.29, 1.82) is 0 Å². The Balaban J connectivity index is 1.88. The Kier molecular flexibility index (Phi) is 5.76. The van der Waals surface area contributed by atoms with Crippen LogP contribution >= 0.6 is 0 Å². The van der Waals surface area contributed by atoms with Crippen molar-refractivity contribution in [3.05, 3.63) is 51.7 Å². The first kappa shape index (κ1) is 20.2. The summed E-state index contributed by atoms with van der Waals surface area (Å²) in [5.74, 6) is -0.433. The molecule has 0 saturated heterocycles. The summed E-state index contributed by atoms with van der Waals surface area (Å²) >= 11 is 0. The number of nitrogens with one attached hydrogen (secondary N) is 1. The molecule has 9 nitrogen and oxygen atoms in total. The van der Waals surface area contributed by atoms with Crippen molar-refractivity contribution in [1.82, 2.24) is 14.7 Å². The minimum atomic E-state index is -0.765. The molecule has 1 atom stereocenters. The zero-order chi connectivity index (χ0) is 21.1. The van der Waals surface area contributed by atoms with E-state index in [0.29, 0.717) is 29.2 Å². The van der Waals surface area contributed by atoms with Crippen LogP contribution in [0.25, 0.3) is 11.1 Å². The quantitative estimate of drug-likeness (QED) is 0.635. The van der Waals surface area contributed by atoms with Gasteiger partial charge in [0.05, 0.1) is 17.9 Å². The number of anilines is 1. The Hall–Kier alpha value is -3.49. The molecular weight excluding hydrogens is 376 g/mol. The van der Waals surface area contributed by atoms with E-state index in [1.165, 1.54) is 4.57 Å². The first-order valence-corrected chi connectivity index (χ1v) is 9.30. The Bertz CT molecular complexity index is 1110. The fraction of sp³-hybridized carbons (Fsp3) is 0.350. The van der Waals surface area contributed by atoms with E-state index in [4.69, 9.17) is 9.26 Å². The van der Waals surface area contributed by atoms with Gasteiger partial charge >= 0.3 is 5.97 Å². The smallest absolute Gasteiger partial charge is 0.338 e. The minimum absolute atomic E-state index is 0.158. The Morgan fingerprint density at radius 3 is 2.52 bits per heavy atom. The molecule has 9 heteroatoms. The van der Waals surface area contributed by atoms with Crippen LogP contribution in [0.1, 0.15) is 48.2 Å². The van der Waals surface area contributed by atoms with Crippen LogP contribution in [-0.4, -0.2) is 33.2 Å². The van der Waals surface area contributed by atoms with Crippen molar-refractivity contribution in [3.8, 4) is 0 Å². The second kappa shape index (κ2) is 8.26. The van der Waals surface area contributed by atoms with Gasteiger partial charge in [-0.1, -0.05) is 12.1 Å². The van der Waals surface area contributed by atoms with Crippen LogP contribution in [0.4, 0.5) is 5.69 Å². The number of aryl methyl sites for hydroxylation is 2. The molecular formula is C20H22N4O5. The molecule has 0 unspecified atom stereocenters. The van der Waals surface area contributed by atoms with Gasteiger partial charge in [-0.15, -0.1) is 0 Å². The highest BCUT2D eigenvalue weighted by Gasteiger charge is 2.25. The molecule has 3 rings (SSSR count). The number of amides is 1. The van der Waals surface area contributed by atoms with Gasteiger partial charge in [0.2, 0.25) is 5.91 Å². The van der Waals surface area contributed by atoms with Gasteiger partial charge in [0.15, 0.2) is 0 Å². The lowest BCUT2D eigenvalue weighted by molar-refractivity contribution is -0.119. The zero-order valence-electron chi connectivity index (χ0n) is 16.7. The van der Waals surface area contributed by atoms with Gasteiger partial charge in [-0.2, -0.15) is 4.98 Å². The maximum atomic E-state index is 13.0. The molecule has 3 aromatic rings. The fourth-order valence-corrected chi connectivity index (χ4v) is 3.13. The van der Waals surface area contributed by atoms with Gasteiger partial charge in [-0.25, -0.2) is 4.79 Å².